The Bertz CT molecular complexity index is 777. The number of rotatable bonds is 2. The van der Waals surface area contributed by atoms with Crippen LogP contribution in [0.1, 0.15) is 5.56 Å². The van der Waals surface area contributed by atoms with Gasteiger partial charge in [0.1, 0.15) is 16.1 Å². The van der Waals surface area contributed by atoms with Gasteiger partial charge in [0.25, 0.3) is 0 Å². The van der Waals surface area contributed by atoms with Gasteiger partial charge in [0.2, 0.25) is 0 Å². The molecule has 2 nitrogen and oxygen atoms in total. The lowest BCUT2D eigenvalue weighted by atomic mass is 10.1. The third-order valence-electron chi connectivity index (χ3n) is 3.02. The van der Waals surface area contributed by atoms with Gasteiger partial charge in [-0.05, 0) is 41.6 Å². The maximum Gasteiger partial charge on any atom is 0.172 e. The minimum Gasteiger partial charge on any atom is -0.215 e. The van der Waals surface area contributed by atoms with Gasteiger partial charge in [-0.25, -0.2) is 14.4 Å². The van der Waals surface area contributed by atoms with Crippen molar-refractivity contribution in [3.63, 3.8) is 0 Å². The second-order valence-electron chi connectivity index (χ2n) is 4.44. The second kappa shape index (κ2) is 5.72. The fraction of sp³-hybridized carbons (Fsp3) is 0.0667. The lowest BCUT2D eigenvalue weighted by Gasteiger charge is -2.08. The maximum absolute atomic E-state index is 13.0. The molecule has 3 aromatic rings. The van der Waals surface area contributed by atoms with E-state index in [1.807, 2.05) is 18.4 Å². The van der Waals surface area contributed by atoms with Gasteiger partial charge in [-0.2, -0.15) is 0 Å². The van der Waals surface area contributed by atoms with Crippen LogP contribution in [-0.2, 0) is 0 Å². The Morgan fingerprint density at radius 1 is 1.00 bits per heavy atom. The summed E-state index contributed by atoms with van der Waals surface area (Å²) in [5.41, 5.74) is 2.26. The van der Waals surface area contributed by atoms with E-state index < -0.39 is 0 Å². The molecule has 1 aromatic carbocycles. The van der Waals surface area contributed by atoms with Crippen LogP contribution < -0.4 is 0 Å². The zero-order valence-electron chi connectivity index (χ0n) is 10.9. The fourth-order valence-electron chi connectivity index (χ4n) is 1.97. The van der Waals surface area contributed by atoms with Gasteiger partial charge in [-0.3, -0.25) is 0 Å². The van der Waals surface area contributed by atoms with Crippen molar-refractivity contribution in [2.24, 2.45) is 0 Å². The molecule has 0 saturated carbocycles. The Balaban J connectivity index is 2.13. The average Bonchev–Trinajstić information content (AvgIpc) is 2.86. The topological polar surface area (TPSA) is 25.8 Å². The van der Waals surface area contributed by atoms with E-state index in [4.69, 9.17) is 23.2 Å². The number of hydrogen-bond acceptors (Lipinski definition) is 3. The predicted octanol–water partition coefficient (Wildman–Crippen LogP) is 5.63. The molecule has 0 spiro atoms. The molecule has 0 amide bonds. The monoisotopic (exact) mass is 338 g/mol. The van der Waals surface area contributed by atoms with Crippen molar-refractivity contribution < 1.29 is 4.39 Å². The van der Waals surface area contributed by atoms with Gasteiger partial charge in [0, 0.05) is 0 Å². The normalized spacial score (nSPS) is 10.9. The Morgan fingerprint density at radius 2 is 1.62 bits per heavy atom. The number of benzene rings is 1. The van der Waals surface area contributed by atoms with E-state index in [1.54, 1.807) is 12.1 Å². The Labute approximate surface area is 135 Å². The lowest BCUT2D eigenvalue weighted by Crippen LogP contribution is -1.94. The van der Waals surface area contributed by atoms with Crippen molar-refractivity contribution in [1.82, 2.24) is 9.97 Å². The zero-order chi connectivity index (χ0) is 15.0. The van der Waals surface area contributed by atoms with E-state index in [1.165, 1.54) is 23.5 Å². The van der Waals surface area contributed by atoms with Crippen LogP contribution in [0.25, 0.3) is 21.8 Å². The Morgan fingerprint density at radius 3 is 2.14 bits per heavy atom. The van der Waals surface area contributed by atoms with Crippen molar-refractivity contribution in [3.05, 3.63) is 57.4 Å². The smallest absolute Gasteiger partial charge is 0.172 e. The van der Waals surface area contributed by atoms with Crippen molar-refractivity contribution in [2.45, 2.75) is 6.92 Å². The molecular weight excluding hydrogens is 330 g/mol. The molecule has 2 heterocycles. The second-order valence-corrected chi connectivity index (χ2v) is 6.08. The van der Waals surface area contributed by atoms with Crippen LogP contribution >= 0.6 is 34.5 Å². The van der Waals surface area contributed by atoms with Gasteiger partial charge in [-0.15, -0.1) is 11.3 Å². The minimum absolute atomic E-state index is 0.254. The number of aryl methyl sites for hydroxylation is 1. The first kappa shape index (κ1) is 14.4. The molecule has 3 rings (SSSR count). The molecule has 0 aliphatic heterocycles. The summed E-state index contributed by atoms with van der Waals surface area (Å²) in [4.78, 5) is 9.58. The highest BCUT2D eigenvalue weighted by Gasteiger charge is 2.16. The standard InChI is InChI=1S/C15H9Cl2FN2S/c1-8-6-7-21-12(8)15-19-13(16)11(14(17)20-15)9-2-4-10(18)5-3-9/h2-7H,1H3. The number of aromatic nitrogens is 2. The SMILES string of the molecule is Cc1ccsc1-c1nc(Cl)c(-c2ccc(F)cc2)c(Cl)n1. The van der Waals surface area contributed by atoms with Crippen LogP contribution in [0.4, 0.5) is 4.39 Å². The molecule has 0 radical (unpaired) electrons. The van der Waals surface area contributed by atoms with Crippen LogP contribution in [0.15, 0.2) is 35.7 Å². The van der Waals surface area contributed by atoms with Crippen LogP contribution in [0, 0.1) is 12.7 Å². The van der Waals surface area contributed by atoms with Crippen molar-refractivity contribution in [1.29, 1.82) is 0 Å². The summed E-state index contributed by atoms with van der Waals surface area (Å²) in [6.45, 7) is 1.98. The third kappa shape index (κ3) is 2.79. The average molecular weight is 339 g/mol. The van der Waals surface area contributed by atoms with Gasteiger partial charge in [0.15, 0.2) is 5.82 Å². The van der Waals surface area contributed by atoms with Crippen molar-refractivity contribution in [2.75, 3.05) is 0 Å². The van der Waals surface area contributed by atoms with E-state index in [9.17, 15) is 4.39 Å². The summed E-state index contributed by atoms with van der Waals surface area (Å²) in [7, 11) is 0. The van der Waals surface area contributed by atoms with Crippen molar-refractivity contribution >= 4 is 34.5 Å². The van der Waals surface area contributed by atoms with Gasteiger partial charge in [-0.1, -0.05) is 35.3 Å². The molecule has 0 N–H and O–H groups in total. The number of halogens is 3. The quantitative estimate of drug-likeness (QED) is 0.566. The highest BCUT2D eigenvalue weighted by molar-refractivity contribution is 7.13. The highest BCUT2D eigenvalue weighted by Crippen LogP contribution is 2.36. The molecule has 0 aliphatic carbocycles. The minimum atomic E-state index is -0.322. The summed E-state index contributed by atoms with van der Waals surface area (Å²) in [5, 5.41) is 2.47. The van der Waals surface area contributed by atoms with Crippen LogP contribution in [0.2, 0.25) is 10.3 Å². The summed E-state index contributed by atoms with van der Waals surface area (Å²) in [6, 6.07) is 7.88. The molecule has 21 heavy (non-hydrogen) atoms. The summed E-state index contributed by atoms with van der Waals surface area (Å²) in [5.74, 6) is 0.182. The number of hydrogen-bond donors (Lipinski definition) is 0. The molecule has 0 saturated heterocycles. The van der Waals surface area contributed by atoms with Gasteiger partial charge < -0.3 is 0 Å². The first-order valence-electron chi connectivity index (χ1n) is 6.09. The lowest BCUT2D eigenvalue weighted by molar-refractivity contribution is 0.628. The summed E-state index contributed by atoms with van der Waals surface area (Å²) < 4.78 is 13.0. The first-order chi connectivity index (χ1) is 10.1. The van der Waals surface area contributed by atoms with Crippen LogP contribution in [0.5, 0.6) is 0 Å². The summed E-state index contributed by atoms with van der Waals surface area (Å²) >= 11 is 14.0. The van der Waals surface area contributed by atoms with E-state index >= 15 is 0 Å². The van der Waals surface area contributed by atoms with Crippen molar-refractivity contribution in [3.8, 4) is 21.8 Å². The predicted molar refractivity (Wildman–Crippen MR) is 85.5 cm³/mol. The van der Waals surface area contributed by atoms with Gasteiger partial charge in [0.05, 0.1) is 10.4 Å². The molecule has 6 heteroatoms. The molecule has 106 valence electrons. The molecule has 0 bridgehead atoms. The molecule has 0 unspecified atom stereocenters. The summed E-state index contributed by atoms with van der Waals surface area (Å²) in [6.07, 6.45) is 0. The molecule has 0 fully saturated rings. The van der Waals surface area contributed by atoms with E-state index in [0.717, 1.165) is 10.4 Å². The molecule has 0 aliphatic rings. The van der Waals surface area contributed by atoms with E-state index in [0.29, 0.717) is 17.0 Å². The van der Waals surface area contributed by atoms with E-state index in [2.05, 4.69) is 9.97 Å². The molecule has 2 aromatic heterocycles. The zero-order valence-corrected chi connectivity index (χ0v) is 13.2. The largest absolute Gasteiger partial charge is 0.215 e. The number of thiophene rings is 1. The first-order valence-corrected chi connectivity index (χ1v) is 7.73. The highest BCUT2D eigenvalue weighted by atomic mass is 35.5. The van der Waals surface area contributed by atoms with Crippen LogP contribution in [-0.4, -0.2) is 9.97 Å². The fourth-order valence-corrected chi connectivity index (χ4v) is 3.43. The number of nitrogens with zero attached hydrogens (tertiary/aromatic N) is 2. The Kier molecular flexibility index (Phi) is 3.93. The Hall–Kier alpha value is -1.49. The molecule has 0 atom stereocenters. The van der Waals surface area contributed by atoms with Gasteiger partial charge >= 0.3 is 0 Å². The molecular formula is C15H9Cl2FN2S. The maximum atomic E-state index is 13.0. The third-order valence-corrected chi connectivity index (χ3v) is 4.58. The van der Waals surface area contributed by atoms with E-state index in [-0.39, 0.29) is 16.1 Å². The van der Waals surface area contributed by atoms with Crippen LogP contribution in [0.3, 0.4) is 0 Å².